The summed E-state index contributed by atoms with van der Waals surface area (Å²) in [5.74, 6) is 0.660. The lowest BCUT2D eigenvalue weighted by atomic mass is 10.3. The van der Waals surface area contributed by atoms with Gasteiger partial charge in [0.25, 0.3) is 5.56 Å². The van der Waals surface area contributed by atoms with Crippen molar-refractivity contribution < 1.29 is 0 Å². The molecule has 0 aliphatic rings. The second-order valence-corrected chi connectivity index (χ2v) is 5.19. The van der Waals surface area contributed by atoms with Crippen LogP contribution in [0, 0.1) is 0 Å². The first-order valence-corrected chi connectivity index (χ1v) is 6.73. The number of fused-ring (bicyclic) bond motifs is 1. The zero-order valence-electron chi connectivity index (χ0n) is 12.7. The maximum Gasteiger partial charge on any atom is 0.332 e. The summed E-state index contributed by atoms with van der Waals surface area (Å²) in [4.78, 5) is 30.9. The lowest BCUT2D eigenvalue weighted by Gasteiger charge is -2.10. The van der Waals surface area contributed by atoms with Crippen molar-refractivity contribution in [2.45, 2.75) is 26.3 Å². The van der Waals surface area contributed by atoms with E-state index >= 15 is 0 Å². The van der Waals surface area contributed by atoms with E-state index in [2.05, 4.69) is 11.9 Å². The van der Waals surface area contributed by atoms with Gasteiger partial charge in [-0.15, -0.1) is 0 Å². The molecule has 7 nitrogen and oxygen atoms in total. The van der Waals surface area contributed by atoms with Gasteiger partial charge in [-0.3, -0.25) is 13.9 Å². The Balaban J connectivity index is 2.88. The highest BCUT2D eigenvalue weighted by Gasteiger charge is 2.18. The van der Waals surface area contributed by atoms with E-state index in [1.54, 1.807) is 16.2 Å². The summed E-state index contributed by atoms with van der Waals surface area (Å²) in [6.07, 6.45) is 1.85. The maximum atomic E-state index is 12.3. The van der Waals surface area contributed by atoms with Crippen LogP contribution in [0.1, 0.15) is 19.8 Å². The van der Waals surface area contributed by atoms with Crippen molar-refractivity contribution in [1.29, 1.82) is 0 Å². The zero-order chi connectivity index (χ0) is 15.0. The Kier molecular flexibility index (Phi) is 3.69. The van der Waals surface area contributed by atoms with Gasteiger partial charge in [-0.05, 0) is 6.42 Å². The van der Waals surface area contributed by atoms with Crippen molar-refractivity contribution in [2.24, 2.45) is 14.1 Å². The largest absolute Gasteiger partial charge is 0.348 e. The third-order valence-corrected chi connectivity index (χ3v) is 3.47. The lowest BCUT2D eigenvalue weighted by Crippen LogP contribution is -2.38. The summed E-state index contributed by atoms with van der Waals surface area (Å²) in [7, 11) is 7.02. The third-order valence-electron chi connectivity index (χ3n) is 3.47. The molecule has 2 aromatic rings. The van der Waals surface area contributed by atoms with Crippen LogP contribution in [0.5, 0.6) is 0 Å². The standard InChI is InChI=1S/C13H21N5O2/c1-6-7-8-18-10-9(11(19)17(5)13(18)20)16(4)12(14-10)15(2)3/h6-8H2,1-5H3. The molecule has 0 saturated heterocycles. The van der Waals surface area contributed by atoms with Gasteiger partial charge in [0.15, 0.2) is 11.2 Å². The molecule has 0 saturated carbocycles. The first-order chi connectivity index (χ1) is 9.40. The van der Waals surface area contributed by atoms with Crippen molar-refractivity contribution in [3.8, 4) is 0 Å². The van der Waals surface area contributed by atoms with Gasteiger partial charge in [0, 0.05) is 34.7 Å². The monoisotopic (exact) mass is 279 g/mol. The summed E-state index contributed by atoms with van der Waals surface area (Å²) in [6, 6.07) is 0. The van der Waals surface area contributed by atoms with Crippen molar-refractivity contribution >= 4 is 17.1 Å². The topological polar surface area (TPSA) is 65.1 Å². The average Bonchev–Trinajstić information content (AvgIpc) is 2.74. The highest BCUT2D eigenvalue weighted by molar-refractivity contribution is 5.74. The molecule has 20 heavy (non-hydrogen) atoms. The quantitative estimate of drug-likeness (QED) is 0.807. The molecule has 2 aromatic heterocycles. The van der Waals surface area contributed by atoms with E-state index in [-0.39, 0.29) is 11.2 Å². The van der Waals surface area contributed by atoms with Gasteiger partial charge in [0.2, 0.25) is 5.95 Å². The van der Waals surface area contributed by atoms with Crippen molar-refractivity contribution in [2.75, 3.05) is 19.0 Å². The molecule has 0 unspecified atom stereocenters. The Morgan fingerprint density at radius 3 is 2.35 bits per heavy atom. The number of imidazole rings is 1. The fourth-order valence-corrected chi connectivity index (χ4v) is 2.34. The van der Waals surface area contributed by atoms with Crippen LogP contribution in [0.2, 0.25) is 0 Å². The molecule has 0 radical (unpaired) electrons. The number of hydrogen-bond donors (Lipinski definition) is 0. The Morgan fingerprint density at radius 2 is 1.80 bits per heavy atom. The van der Waals surface area contributed by atoms with Crippen LogP contribution in [0.15, 0.2) is 9.59 Å². The van der Waals surface area contributed by atoms with Gasteiger partial charge >= 0.3 is 5.69 Å². The van der Waals surface area contributed by atoms with E-state index in [9.17, 15) is 9.59 Å². The van der Waals surface area contributed by atoms with Crippen molar-refractivity contribution in [3.05, 3.63) is 20.8 Å². The summed E-state index contributed by atoms with van der Waals surface area (Å²) < 4.78 is 4.48. The van der Waals surface area contributed by atoms with Gasteiger partial charge in [0.1, 0.15) is 0 Å². The Morgan fingerprint density at radius 1 is 1.15 bits per heavy atom. The molecule has 2 heterocycles. The maximum absolute atomic E-state index is 12.3. The van der Waals surface area contributed by atoms with Crippen LogP contribution in [0.25, 0.3) is 11.2 Å². The van der Waals surface area contributed by atoms with Gasteiger partial charge in [-0.1, -0.05) is 13.3 Å². The minimum Gasteiger partial charge on any atom is -0.348 e. The van der Waals surface area contributed by atoms with E-state index in [0.29, 0.717) is 23.7 Å². The number of nitrogens with zero attached hydrogens (tertiary/aromatic N) is 5. The first kappa shape index (κ1) is 14.4. The number of rotatable bonds is 4. The second-order valence-electron chi connectivity index (χ2n) is 5.19. The molecule has 7 heteroatoms. The summed E-state index contributed by atoms with van der Waals surface area (Å²) in [6.45, 7) is 2.64. The molecule has 0 atom stereocenters. The molecule has 0 amide bonds. The number of aryl methyl sites for hydroxylation is 2. The molecular weight excluding hydrogens is 258 g/mol. The molecule has 0 aromatic carbocycles. The number of anilines is 1. The molecule has 0 aliphatic carbocycles. The lowest BCUT2D eigenvalue weighted by molar-refractivity contribution is 0.583. The number of hydrogen-bond acceptors (Lipinski definition) is 4. The fraction of sp³-hybridized carbons (Fsp3) is 0.615. The minimum atomic E-state index is -0.306. The minimum absolute atomic E-state index is 0.305. The third kappa shape index (κ3) is 2.03. The predicted molar refractivity (Wildman–Crippen MR) is 79.5 cm³/mol. The van der Waals surface area contributed by atoms with Gasteiger partial charge < -0.3 is 9.47 Å². The van der Waals surface area contributed by atoms with Crippen LogP contribution < -0.4 is 16.1 Å². The summed E-state index contributed by atoms with van der Waals surface area (Å²) in [5, 5.41) is 0. The smallest absolute Gasteiger partial charge is 0.332 e. The first-order valence-electron chi connectivity index (χ1n) is 6.73. The zero-order valence-corrected chi connectivity index (χ0v) is 12.7. The molecule has 0 spiro atoms. The fourth-order valence-electron chi connectivity index (χ4n) is 2.34. The number of aromatic nitrogens is 4. The molecule has 0 bridgehead atoms. The van der Waals surface area contributed by atoms with E-state index in [0.717, 1.165) is 17.4 Å². The van der Waals surface area contributed by atoms with Crippen molar-refractivity contribution in [3.63, 3.8) is 0 Å². The SMILES string of the molecule is CCCCn1c(=O)n(C)c(=O)c2c1nc(N(C)C)n2C. The van der Waals surface area contributed by atoms with Gasteiger partial charge in [0.05, 0.1) is 0 Å². The second kappa shape index (κ2) is 5.15. The molecule has 2 rings (SSSR count). The molecular formula is C13H21N5O2. The summed E-state index contributed by atoms with van der Waals surface area (Å²) >= 11 is 0. The molecule has 0 fully saturated rings. The van der Waals surface area contributed by atoms with E-state index in [1.807, 2.05) is 19.0 Å². The van der Waals surface area contributed by atoms with E-state index < -0.39 is 0 Å². The molecule has 0 aliphatic heterocycles. The van der Waals surface area contributed by atoms with Gasteiger partial charge in [-0.2, -0.15) is 4.98 Å². The Bertz CT molecular complexity index is 751. The average molecular weight is 279 g/mol. The Labute approximate surface area is 117 Å². The van der Waals surface area contributed by atoms with Crippen LogP contribution in [-0.4, -0.2) is 32.8 Å². The highest BCUT2D eigenvalue weighted by Crippen LogP contribution is 2.16. The van der Waals surface area contributed by atoms with E-state index in [4.69, 9.17) is 0 Å². The molecule has 110 valence electrons. The normalized spacial score (nSPS) is 11.2. The Hall–Kier alpha value is -2.05. The summed E-state index contributed by atoms with van der Waals surface area (Å²) in [5.41, 5.74) is 0.324. The van der Waals surface area contributed by atoms with Crippen LogP contribution >= 0.6 is 0 Å². The van der Waals surface area contributed by atoms with E-state index in [1.165, 1.54) is 7.05 Å². The predicted octanol–water partition coefficient (Wildman–Crippen LogP) is 0.300. The van der Waals surface area contributed by atoms with Gasteiger partial charge in [-0.25, -0.2) is 4.79 Å². The highest BCUT2D eigenvalue weighted by atomic mass is 16.2. The number of unbranched alkanes of at least 4 members (excludes halogenated alkanes) is 1. The van der Waals surface area contributed by atoms with Crippen LogP contribution in [0.3, 0.4) is 0 Å². The van der Waals surface area contributed by atoms with Crippen LogP contribution in [-0.2, 0) is 20.6 Å². The van der Waals surface area contributed by atoms with Crippen molar-refractivity contribution in [1.82, 2.24) is 18.7 Å². The van der Waals surface area contributed by atoms with Crippen LogP contribution in [0.4, 0.5) is 5.95 Å². The molecule has 0 N–H and O–H groups in total.